The fourth-order valence-electron chi connectivity index (χ4n) is 4.20. The number of hydroxylamine groups is 1. The first kappa shape index (κ1) is 29.1. The van der Waals surface area contributed by atoms with Crippen molar-refractivity contribution in [2.24, 2.45) is 4.99 Å². The van der Waals surface area contributed by atoms with Crippen molar-refractivity contribution in [2.75, 3.05) is 5.32 Å². The molecule has 1 aliphatic carbocycles. The molecular formula is C30H22F3N3O4S2. The van der Waals surface area contributed by atoms with Gasteiger partial charge in [0.15, 0.2) is 0 Å². The van der Waals surface area contributed by atoms with Crippen molar-refractivity contribution >= 4 is 51.2 Å². The second-order valence-corrected chi connectivity index (χ2v) is 11.4. The number of nitrogens with one attached hydrogen (secondary N) is 2. The predicted octanol–water partition coefficient (Wildman–Crippen LogP) is 6.24. The number of anilines is 1. The van der Waals surface area contributed by atoms with Crippen LogP contribution in [0, 0.1) is 0 Å². The summed E-state index contributed by atoms with van der Waals surface area (Å²) >= 11 is -0.579. The zero-order chi connectivity index (χ0) is 29.7. The summed E-state index contributed by atoms with van der Waals surface area (Å²) in [7, 11) is 0. The number of halogens is 3. The average molecular weight is 610 g/mol. The van der Waals surface area contributed by atoms with Gasteiger partial charge in [0.1, 0.15) is 16.0 Å². The molecule has 0 bridgehead atoms. The number of amides is 1. The van der Waals surface area contributed by atoms with Gasteiger partial charge in [-0.25, -0.2) is 4.21 Å². The molecule has 3 aromatic carbocycles. The van der Waals surface area contributed by atoms with Crippen LogP contribution in [0.25, 0.3) is 5.70 Å². The first-order chi connectivity index (χ1) is 20.2. The standard InChI is InChI=1S/C30H22F3N3O4S2/c31-30(32,33)20-10-6-11-21(17-20)34-29(38)26(16-19-8-2-1-3-9-19)35-25-18-24(22-12-4-5-13-23(22)28(25)37)36-40-42(39)27-14-7-15-41-27/h1-15,17-18,26,36H,16H2,(H,34,38)/t26-,42?/m1/s1. The van der Waals surface area contributed by atoms with Crippen molar-refractivity contribution in [3.8, 4) is 0 Å². The third kappa shape index (κ3) is 6.90. The van der Waals surface area contributed by atoms with Crippen LogP contribution in [0.5, 0.6) is 0 Å². The highest BCUT2D eigenvalue weighted by molar-refractivity contribution is 7.82. The molecule has 1 aromatic heterocycles. The third-order valence-electron chi connectivity index (χ3n) is 6.19. The predicted molar refractivity (Wildman–Crippen MR) is 155 cm³/mol. The fourth-order valence-corrected chi connectivity index (χ4v) is 5.67. The van der Waals surface area contributed by atoms with Gasteiger partial charge in [-0.1, -0.05) is 66.7 Å². The molecule has 0 saturated carbocycles. The van der Waals surface area contributed by atoms with Crippen molar-refractivity contribution in [2.45, 2.75) is 22.8 Å². The van der Waals surface area contributed by atoms with E-state index in [9.17, 15) is 27.0 Å². The molecule has 1 unspecified atom stereocenters. The number of nitrogens with zero attached hydrogens (tertiary/aromatic N) is 1. The number of hydrogen-bond acceptors (Lipinski definition) is 7. The number of carbonyl (C=O) groups is 2. The lowest BCUT2D eigenvalue weighted by Gasteiger charge is -2.20. The topological polar surface area (TPSA) is 96.9 Å². The molecule has 2 N–H and O–H groups in total. The maximum Gasteiger partial charge on any atom is 0.416 e. The number of carbonyl (C=O) groups excluding carboxylic acids is 2. The van der Waals surface area contributed by atoms with E-state index in [0.29, 0.717) is 15.5 Å². The second kappa shape index (κ2) is 12.6. The van der Waals surface area contributed by atoms with E-state index in [-0.39, 0.29) is 23.4 Å². The summed E-state index contributed by atoms with van der Waals surface area (Å²) in [4.78, 5) is 31.4. The zero-order valence-electron chi connectivity index (χ0n) is 21.6. The molecule has 1 heterocycles. The minimum Gasteiger partial charge on any atom is -0.324 e. The highest BCUT2D eigenvalue weighted by atomic mass is 32.2. The lowest BCUT2D eigenvalue weighted by atomic mass is 9.92. The van der Waals surface area contributed by atoms with Crippen LogP contribution in [0.3, 0.4) is 0 Å². The number of ketones is 1. The van der Waals surface area contributed by atoms with E-state index in [1.165, 1.54) is 29.5 Å². The normalized spacial score (nSPS) is 15.5. The van der Waals surface area contributed by atoms with Crippen LogP contribution < -0.4 is 10.8 Å². The van der Waals surface area contributed by atoms with Gasteiger partial charge in [0.05, 0.1) is 11.3 Å². The molecular weight excluding hydrogens is 587 g/mol. The van der Waals surface area contributed by atoms with Gasteiger partial charge in [-0.3, -0.25) is 20.1 Å². The molecule has 1 aliphatic rings. The Bertz CT molecular complexity index is 1690. The van der Waals surface area contributed by atoms with Crippen LogP contribution in [-0.2, 0) is 32.8 Å². The molecule has 0 aliphatic heterocycles. The third-order valence-corrected chi connectivity index (χ3v) is 8.25. The first-order valence-corrected chi connectivity index (χ1v) is 14.5. The SMILES string of the molecule is O=C1C(=N[C@H](Cc2ccccc2)C(=O)Nc2cccc(C(F)(F)F)c2)C=C(NOS(=O)c2cccs2)c2ccccc21. The van der Waals surface area contributed by atoms with Gasteiger partial charge in [-0.2, -0.15) is 17.5 Å². The minimum absolute atomic E-state index is 0.0595. The Balaban J connectivity index is 1.48. The Morgan fingerprint density at radius 2 is 1.69 bits per heavy atom. The zero-order valence-corrected chi connectivity index (χ0v) is 23.3. The van der Waals surface area contributed by atoms with Crippen LogP contribution in [0.2, 0.25) is 0 Å². The van der Waals surface area contributed by atoms with Crippen LogP contribution in [0.15, 0.2) is 112 Å². The lowest BCUT2D eigenvalue weighted by molar-refractivity contribution is -0.137. The minimum atomic E-state index is -4.59. The Kier molecular flexibility index (Phi) is 8.76. The number of thiophene rings is 1. The van der Waals surface area contributed by atoms with Gasteiger partial charge in [0.25, 0.3) is 0 Å². The number of benzene rings is 3. The maximum absolute atomic E-state index is 13.5. The maximum atomic E-state index is 13.5. The molecule has 12 heteroatoms. The van der Waals surface area contributed by atoms with Gasteiger partial charge in [-0.05, 0) is 41.3 Å². The summed E-state index contributed by atoms with van der Waals surface area (Å²) in [5, 5.41) is 4.26. The highest BCUT2D eigenvalue weighted by Gasteiger charge is 2.31. The van der Waals surface area contributed by atoms with Crippen molar-refractivity contribution in [3.05, 3.63) is 125 Å². The van der Waals surface area contributed by atoms with Crippen molar-refractivity contribution in [1.82, 2.24) is 5.48 Å². The van der Waals surface area contributed by atoms with E-state index in [0.717, 1.165) is 17.7 Å². The molecule has 0 fully saturated rings. The molecule has 1 amide bonds. The number of aliphatic imine (C=N–C) groups is 1. The molecule has 0 spiro atoms. The Labute approximate surface area is 245 Å². The van der Waals surface area contributed by atoms with Gasteiger partial charge in [-0.15, -0.1) is 11.3 Å². The second-order valence-electron chi connectivity index (χ2n) is 9.07. The Morgan fingerprint density at radius 3 is 2.40 bits per heavy atom. The molecule has 214 valence electrons. The molecule has 0 radical (unpaired) electrons. The highest BCUT2D eigenvalue weighted by Crippen LogP contribution is 2.31. The molecule has 42 heavy (non-hydrogen) atoms. The number of hydrogen-bond donors (Lipinski definition) is 2. The van der Waals surface area contributed by atoms with Gasteiger partial charge >= 0.3 is 6.18 Å². The number of rotatable bonds is 9. The summed E-state index contributed by atoms with van der Waals surface area (Å²) in [6, 6.07) is 22.1. The van der Waals surface area contributed by atoms with Crippen LogP contribution in [0.1, 0.15) is 27.0 Å². The van der Waals surface area contributed by atoms with E-state index >= 15 is 0 Å². The Morgan fingerprint density at radius 1 is 0.952 bits per heavy atom. The molecule has 4 aromatic rings. The van der Waals surface area contributed by atoms with E-state index in [4.69, 9.17) is 4.28 Å². The van der Waals surface area contributed by atoms with E-state index in [1.54, 1.807) is 72.1 Å². The molecule has 2 atom stereocenters. The number of Topliss-reactive ketones (excluding diaryl/α,β-unsaturated/α-hetero) is 1. The summed E-state index contributed by atoms with van der Waals surface area (Å²) in [5.74, 6) is -1.16. The van der Waals surface area contributed by atoms with Gasteiger partial charge < -0.3 is 5.32 Å². The van der Waals surface area contributed by atoms with Gasteiger partial charge in [0.2, 0.25) is 22.8 Å². The first-order valence-electron chi connectivity index (χ1n) is 12.5. The van der Waals surface area contributed by atoms with Crippen molar-refractivity contribution in [1.29, 1.82) is 0 Å². The summed E-state index contributed by atoms with van der Waals surface area (Å²) in [6.45, 7) is 0. The van der Waals surface area contributed by atoms with Crippen LogP contribution in [0.4, 0.5) is 18.9 Å². The summed E-state index contributed by atoms with van der Waals surface area (Å²) in [5.41, 5.74) is 3.39. The number of fused-ring (bicyclic) bond motifs is 1. The number of alkyl halides is 3. The van der Waals surface area contributed by atoms with Crippen LogP contribution in [-0.4, -0.2) is 27.7 Å². The Hall–Kier alpha value is -4.39. The van der Waals surface area contributed by atoms with E-state index in [2.05, 4.69) is 15.8 Å². The monoisotopic (exact) mass is 609 g/mol. The average Bonchev–Trinajstić information content (AvgIpc) is 3.53. The van der Waals surface area contributed by atoms with Gasteiger partial charge in [0, 0.05) is 23.2 Å². The summed E-state index contributed by atoms with van der Waals surface area (Å²) < 4.78 is 58.1. The lowest BCUT2D eigenvalue weighted by Crippen LogP contribution is -2.32. The molecule has 7 nitrogen and oxygen atoms in total. The van der Waals surface area contributed by atoms with Crippen LogP contribution >= 0.6 is 11.3 Å². The fraction of sp³-hybridized carbons (Fsp3) is 0.100. The quantitative estimate of drug-likeness (QED) is 0.219. The van der Waals surface area contributed by atoms with E-state index in [1.807, 2.05) is 0 Å². The smallest absolute Gasteiger partial charge is 0.324 e. The number of allylic oxidation sites excluding steroid dienone is 1. The molecule has 0 saturated heterocycles. The van der Waals surface area contributed by atoms with E-state index < -0.39 is 40.6 Å². The molecule has 5 rings (SSSR count). The summed E-state index contributed by atoms with van der Waals surface area (Å²) in [6.07, 6.45) is -3.12. The van der Waals surface area contributed by atoms with Crippen molar-refractivity contribution < 1.29 is 31.3 Å². The van der Waals surface area contributed by atoms with Crippen molar-refractivity contribution in [3.63, 3.8) is 0 Å². The largest absolute Gasteiger partial charge is 0.416 e.